The van der Waals surface area contributed by atoms with Crippen LogP contribution in [0, 0.1) is 10.1 Å². The number of nitrogens with zero attached hydrogens (tertiary/aromatic N) is 2. The summed E-state index contributed by atoms with van der Waals surface area (Å²) in [4.78, 5) is 27.1. The molecule has 0 spiro atoms. The SMILES string of the molecule is CCOc1cc(/C=C\c2nc(O)c([N+](=O)[O-])c(=O)[nH]2)cc(Br)c1OC. The molecular weight excluding hydrogens is 398 g/mol. The highest BCUT2D eigenvalue weighted by atomic mass is 79.9. The summed E-state index contributed by atoms with van der Waals surface area (Å²) in [6, 6.07) is 3.47. The van der Waals surface area contributed by atoms with Crippen molar-refractivity contribution in [1.29, 1.82) is 0 Å². The number of nitrogens with one attached hydrogen (secondary N) is 1. The van der Waals surface area contributed by atoms with E-state index >= 15 is 0 Å². The molecule has 0 aliphatic carbocycles. The van der Waals surface area contributed by atoms with Crippen molar-refractivity contribution in [2.24, 2.45) is 0 Å². The summed E-state index contributed by atoms with van der Waals surface area (Å²) in [6.07, 6.45) is 2.99. The highest BCUT2D eigenvalue weighted by molar-refractivity contribution is 9.10. The Kier molecular flexibility index (Phi) is 5.75. The Labute approximate surface area is 150 Å². The Morgan fingerprint density at radius 1 is 1.44 bits per heavy atom. The Balaban J connectivity index is 2.40. The van der Waals surface area contributed by atoms with Crippen LogP contribution in [0.25, 0.3) is 12.2 Å². The molecule has 0 amide bonds. The van der Waals surface area contributed by atoms with Gasteiger partial charge in [-0.15, -0.1) is 0 Å². The van der Waals surface area contributed by atoms with Gasteiger partial charge in [0.15, 0.2) is 11.5 Å². The highest BCUT2D eigenvalue weighted by Gasteiger charge is 2.21. The first-order chi connectivity index (χ1) is 11.9. The number of benzene rings is 1. The molecular formula is C15H14BrN3O6. The average Bonchev–Trinajstić information content (AvgIpc) is 2.52. The minimum absolute atomic E-state index is 0.0296. The standard InChI is InChI=1S/C15H14BrN3O6/c1-3-25-10-7-8(6-9(16)13(10)24-2)4-5-11-17-14(20)12(19(22)23)15(21)18-11/h4-7H,3H2,1-2H3,(H2,17,18,20,21)/b5-4-. The van der Waals surface area contributed by atoms with Crippen molar-refractivity contribution in [3.05, 3.63) is 48.5 Å². The quantitative estimate of drug-likeness (QED) is 0.552. The number of aromatic amines is 1. The summed E-state index contributed by atoms with van der Waals surface area (Å²) in [6.45, 7) is 2.28. The van der Waals surface area contributed by atoms with Crippen LogP contribution in [0.2, 0.25) is 0 Å². The first-order valence-corrected chi connectivity index (χ1v) is 7.82. The van der Waals surface area contributed by atoms with Crippen LogP contribution < -0.4 is 15.0 Å². The number of hydrogen-bond acceptors (Lipinski definition) is 7. The molecule has 25 heavy (non-hydrogen) atoms. The van der Waals surface area contributed by atoms with E-state index in [1.807, 2.05) is 6.92 Å². The van der Waals surface area contributed by atoms with Crippen molar-refractivity contribution in [3.63, 3.8) is 0 Å². The smallest absolute Gasteiger partial charge is 0.395 e. The zero-order valence-corrected chi connectivity index (χ0v) is 14.9. The molecule has 0 saturated carbocycles. The van der Waals surface area contributed by atoms with Gasteiger partial charge in [-0.2, -0.15) is 4.98 Å². The van der Waals surface area contributed by atoms with Crippen LogP contribution in [-0.2, 0) is 0 Å². The number of halogens is 1. The van der Waals surface area contributed by atoms with E-state index in [2.05, 4.69) is 25.9 Å². The van der Waals surface area contributed by atoms with Gasteiger partial charge in [0, 0.05) is 0 Å². The number of hydrogen-bond donors (Lipinski definition) is 2. The van der Waals surface area contributed by atoms with Gasteiger partial charge in [0.1, 0.15) is 5.82 Å². The van der Waals surface area contributed by atoms with Crippen LogP contribution in [0.15, 0.2) is 21.4 Å². The van der Waals surface area contributed by atoms with Crippen LogP contribution in [-0.4, -0.2) is 33.7 Å². The molecule has 1 aromatic carbocycles. The van der Waals surface area contributed by atoms with Crippen LogP contribution in [0.5, 0.6) is 17.4 Å². The third kappa shape index (κ3) is 4.15. The lowest BCUT2D eigenvalue weighted by molar-refractivity contribution is -0.387. The number of rotatable bonds is 6. The van der Waals surface area contributed by atoms with Gasteiger partial charge >= 0.3 is 11.2 Å². The summed E-state index contributed by atoms with van der Waals surface area (Å²) in [7, 11) is 1.52. The van der Waals surface area contributed by atoms with Gasteiger partial charge < -0.3 is 19.6 Å². The Morgan fingerprint density at radius 2 is 2.16 bits per heavy atom. The summed E-state index contributed by atoms with van der Waals surface area (Å²) in [5, 5.41) is 20.2. The average molecular weight is 412 g/mol. The van der Waals surface area contributed by atoms with E-state index in [4.69, 9.17) is 9.47 Å². The van der Waals surface area contributed by atoms with Crippen molar-refractivity contribution in [3.8, 4) is 17.4 Å². The number of H-pyrrole nitrogens is 1. The molecule has 0 radical (unpaired) electrons. The van der Waals surface area contributed by atoms with E-state index in [-0.39, 0.29) is 5.82 Å². The molecule has 2 aromatic rings. The number of aromatic nitrogens is 2. The minimum atomic E-state index is -1.04. The van der Waals surface area contributed by atoms with Crippen molar-refractivity contribution in [2.45, 2.75) is 6.92 Å². The van der Waals surface area contributed by atoms with Crippen LogP contribution in [0.3, 0.4) is 0 Å². The molecule has 0 atom stereocenters. The summed E-state index contributed by atoms with van der Waals surface area (Å²) < 4.78 is 11.4. The third-order valence-electron chi connectivity index (χ3n) is 3.05. The fourth-order valence-corrected chi connectivity index (χ4v) is 2.66. The normalized spacial score (nSPS) is 10.8. The zero-order valence-electron chi connectivity index (χ0n) is 13.3. The van der Waals surface area contributed by atoms with E-state index in [9.17, 15) is 20.0 Å². The molecule has 10 heteroatoms. The van der Waals surface area contributed by atoms with Crippen molar-refractivity contribution in [1.82, 2.24) is 9.97 Å². The molecule has 1 heterocycles. The summed E-state index contributed by atoms with van der Waals surface area (Å²) in [5.74, 6) is 0.0860. The number of nitro groups is 1. The number of methoxy groups -OCH3 is 1. The first kappa shape index (κ1) is 18.5. The van der Waals surface area contributed by atoms with Crippen molar-refractivity contribution < 1.29 is 19.5 Å². The van der Waals surface area contributed by atoms with Crippen LogP contribution >= 0.6 is 15.9 Å². The predicted octanol–water partition coefficient (Wildman–Crippen LogP) is 2.72. The summed E-state index contributed by atoms with van der Waals surface area (Å²) >= 11 is 3.38. The van der Waals surface area contributed by atoms with E-state index in [0.29, 0.717) is 28.1 Å². The van der Waals surface area contributed by atoms with Crippen LogP contribution in [0.1, 0.15) is 18.3 Å². The van der Waals surface area contributed by atoms with Gasteiger partial charge in [-0.3, -0.25) is 14.9 Å². The molecule has 132 valence electrons. The van der Waals surface area contributed by atoms with Crippen molar-refractivity contribution in [2.75, 3.05) is 13.7 Å². The molecule has 0 aliphatic heterocycles. The molecule has 0 bridgehead atoms. The monoisotopic (exact) mass is 411 g/mol. The maximum absolute atomic E-state index is 11.6. The Bertz CT molecular complexity index is 894. The molecule has 0 fully saturated rings. The lowest BCUT2D eigenvalue weighted by Gasteiger charge is -2.12. The fraction of sp³-hybridized carbons (Fsp3) is 0.200. The second-order valence-corrected chi connectivity index (χ2v) is 5.54. The maximum Gasteiger partial charge on any atom is 0.395 e. The molecule has 2 N–H and O–H groups in total. The molecule has 0 aliphatic rings. The molecule has 0 unspecified atom stereocenters. The third-order valence-corrected chi connectivity index (χ3v) is 3.64. The largest absolute Gasteiger partial charge is 0.492 e. The predicted molar refractivity (Wildman–Crippen MR) is 94.0 cm³/mol. The topological polar surface area (TPSA) is 128 Å². The highest BCUT2D eigenvalue weighted by Crippen LogP contribution is 2.37. The molecule has 0 saturated heterocycles. The lowest BCUT2D eigenvalue weighted by Crippen LogP contribution is -2.14. The zero-order chi connectivity index (χ0) is 18.6. The lowest BCUT2D eigenvalue weighted by atomic mass is 10.2. The minimum Gasteiger partial charge on any atom is -0.492 e. The van der Waals surface area contributed by atoms with Gasteiger partial charge in [-0.1, -0.05) is 6.08 Å². The molecule has 9 nitrogen and oxygen atoms in total. The maximum atomic E-state index is 11.6. The molecule has 1 aromatic heterocycles. The first-order valence-electron chi connectivity index (χ1n) is 7.03. The van der Waals surface area contributed by atoms with Gasteiger partial charge in [0.25, 0.3) is 5.88 Å². The van der Waals surface area contributed by atoms with Gasteiger partial charge in [0.05, 0.1) is 23.1 Å². The van der Waals surface area contributed by atoms with Gasteiger partial charge in [0.2, 0.25) is 0 Å². The van der Waals surface area contributed by atoms with Gasteiger partial charge in [-0.05, 0) is 46.6 Å². The molecule has 2 rings (SSSR count). The number of aromatic hydroxyl groups is 1. The van der Waals surface area contributed by atoms with Crippen LogP contribution in [0.4, 0.5) is 5.69 Å². The fourth-order valence-electron chi connectivity index (χ4n) is 2.04. The van der Waals surface area contributed by atoms with Gasteiger partial charge in [-0.25, -0.2) is 0 Å². The number of ether oxygens (including phenoxy) is 2. The van der Waals surface area contributed by atoms with E-state index in [0.717, 1.165) is 0 Å². The van der Waals surface area contributed by atoms with E-state index in [1.54, 1.807) is 18.2 Å². The second-order valence-electron chi connectivity index (χ2n) is 4.68. The van der Waals surface area contributed by atoms with E-state index in [1.165, 1.54) is 13.2 Å². The Hall–Kier alpha value is -2.88. The second kappa shape index (κ2) is 7.79. The van der Waals surface area contributed by atoms with Crippen molar-refractivity contribution >= 4 is 33.8 Å². The van der Waals surface area contributed by atoms with E-state index < -0.39 is 22.0 Å². The Morgan fingerprint density at radius 3 is 2.72 bits per heavy atom. The summed E-state index contributed by atoms with van der Waals surface area (Å²) in [5.41, 5.74) is -1.34.